The van der Waals surface area contributed by atoms with Gasteiger partial charge in [0.15, 0.2) is 0 Å². The van der Waals surface area contributed by atoms with E-state index in [9.17, 15) is 5.11 Å². The molecule has 1 heterocycles. The summed E-state index contributed by atoms with van der Waals surface area (Å²) in [5, 5.41) is 9.48. The molecule has 1 aliphatic heterocycles. The summed E-state index contributed by atoms with van der Waals surface area (Å²) in [6, 6.07) is 0.344. The van der Waals surface area contributed by atoms with Gasteiger partial charge in [-0.3, -0.25) is 0 Å². The molecule has 2 heteroatoms. The normalized spacial score (nSPS) is 43.8. The van der Waals surface area contributed by atoms with Gasteiger partial charge in [0.1, 0.15) is 0 Å². The Balaban J connectivity index is 2.49. The van der Waals surface area contributed by atoms with Gasteiger partial charge in [-0.1, -0.05) is 6.92 Å². The Labute approximate surface area is 62.8 Å². The Morgan fingerprint density at radius 2 is 2.00 bits per heavy atom. The molecule has 60 valence electrons. The van der Waals surface area contributed by atoms with Crippen LogP contribution in [-0.2, 0) is 0 Å². The van der Waals surface area contributed by atoms with Crippen molar-refractivity contribution in [3.8, 4) is 0 Å². The molecule has 0 aromatic rings. The van der Waals surface area contributed by atoms with Crippen molar-refractivity contribution >= 4 is 0 Å². The lowest BCUT2D eigenvalue weighted by molar-refractivity contribution is 0.0111. The van der Waals surface area contributed by atoms with Crippen molar-refractivity contribution in [2.75, 3.05) is 13.6 Å². The van der Waals surface area contributed by atoms with Crippen molar-refractivity contribution in [1.82, 2.24) is 4.90 Å². The van der Waals surface area contributed by atoms with E-state index < -0.39 is 0 Å². The number of likely N-dealkylation sites (N-methyl/N-ethyl adjacent to an activating group) is 1. The molecule has 1 fully saturated rings. The maximum Gasteiger partial charge on any atom is 0.0695 e. The summed E-state index contributed by atoms with van der Waals surface area (Å²) >= 11 is 0. The summed E-state index contributed by atoms with van der Waals surface area (Å²) in [5.41, 5.74) is 0. The van der Waals surface area contributed by atoms with Gasteiger partial charge in [-0.25, -0.2) is 0 Å². The van der Waals surface area contributed by atoms with Gasteiger partial charge in [0.25, 0.3) is 0 Å². The molecule has 0 aliphatic carbocycles. The first kappa shape index (κ1) is 8.02. The van der Waals surface area contributed by atoms with E-state index in [0.717, 1.165) is 13.0 Å². The molecule has 0 radical (unpaired) electrons. The van der Waals surface area contributed by atoms with Gasteiger partial charge < -0.3 is 10.0 Å². The van der Waals surface area contributed by atoms with Crippen LogP contribution in [0.1, 0.15) is 20.3 Å². The van der Waals surface area contributed by atoms with Crippen LogP contribution in [0, 0.1) is 5.92 Å². The first-order chi connectivity index (χ1) is 4.61. The number of piperidine rings is 1. The Hall–Kier alpha value is -0.0800. The highest BCUT2D eigenvalue weighted by Gasteiger charge is 2.27. The lowest BCUT2D eigenvalue weighted by atomic mass is 9.93. The lowest BCUT2D eigenvalue weighted by Crippen LogP contribution is -2.47. The van der Waals surface area contributed by atoms with Crippen LogP contribution in [0.4, 0.5) is 0 Å². The highest BCUT2D eigenvalue weighted by atomic mass is 16.3. The van der Waals surface area contributed by atoms with E-state index in [1.807, 2.05) is 0 Å². The van der Waals surface area contributed by atoms with Crippen LogP contribution in [0.15, 0.2) is 0 Å². The minimum atomic E-state index is -0.117. The van der Waals surface area contributed by atoms with Gasteiger partial charge in [0, 0.05) is 12.6 Å². The molecule has 0 amide bonds. The standard InChI is InChI=1S/C8H17NO/c1-6-4-8(10)7(2)9(3)5-6/h6-8,10H,4-5H2,1-3H3/t6-,7-,8-/m1/s1. The van der Waals surface area contributed by atoms with E-state index in [-0.39, 0.29) is 6.10 Å². The van der Waals surface area contributed by atoms with Crippen molar-refractivity contribution < 1.29 is 5.11 Å². The van der Waals surface area contributed by atoms with E-state index in [0.29, 0.717) is 12.0 Å². The third-order valence-corrected chi connectivity index (χ3v) is 2.50. The van der Waals surface area contributed by atoms with E-state index in [2.05, 4.69) is 25.8 Å². The number of rotatable bonds is 0. The highest BCUT2D eigenvalue weighted by Crippen LogP contribution is 2.19. The first-order valence-corrected chi connectivity index (χ1v) is 3.99. The fourth-order valence-electron chi connectivity index (χ4n) is 1.64. The summed E-state index contributed by atoms with van der Waals surface area (Å²) in [7, 11) is 2.07. The van der Waals surface area contributed by atoms with Crippen molar-refractivity contribution in [3.63, 3.8) is 0 Å². The number of likely N-dealkylation sites (tertiary alicyclic amines) is 1. The first-order valence-electron chi connectivity index (χ1n) is 3.99. The monoisotopic (exact) mass is 143 g/mol. The SMILES string of the molecule is C[C@@H]1C[C@@H](O)[C@@H](C)N(C)C1. The van der Waals surface area contributed by atoms with Gasteiger partial charge in [0.2, 0.25) is 0 Å². The summed E-state index contributed by atoms with van der Waals surface area (Å²) in [6.45, 7) is 5.39. The minimum absolute atomic E-state index is 0.117. The molecule has 0 saturated carbocycles. The molecule has 10 heavy (non-hydrogen) atoms. The second kappa shape index (κ2) is 2.89. The van der Waals surface area contributed by atoms with Crippen LogP contribution in [0.3, 0.4) is 0 Å². The largest absolute Gasteiger partial charge is 0.391 e. The van der Waals surface area contributed by atoms with Crippen molar-refractivity contribution in [3.05, 3.63) is 0 Å². The summed E-state index contributed by atoms with van der Waals surface area (Å²) in [5.74, 6) is 0.649. The molecule has 2 nitrogen and oxygen atoms in total. The molecule has 3 atom stereocenters. The Morgan fingerprint density at radius 3 is 2.50 bits per heavy atom. The number of aliphatic hydroxyl groups is 1. The molecule has 0 unspecified atom stereocenters. The topological polar surface area (TPSA) is 23.5 Å². The van der Waals surface area contributed by atoms with Crippen molar-refractivity contribution in [2.24, 2.45) is 5.92 Å². The Morgan fingerprint density at radius 1 is 1.40 bits per heavy atom. The molecular weight excluding hydrogens is 126 g/mol. The van der Waals surface area contributed by atoms with Gasteiger partial charge >= 0.3 is 0 Å². The second-order valence-corrected chi connectivity index (χ2v) is 3.59. The third-order valence-electron chi connectivity index (χ3n) is 2.50. The zero-order valence-corrected chi connectivity index (χ0v) is 7.04. The smallest absolute Gasteiger partial charge is 0.0695 e. The molecular formula is C8H17NO. The Kier molecular flexibility index (Phi) is 2.32. The van der Waals surface area contributed by atoms with Crippen LogP contribution >= 0.6 is 0 Å². The fourth-order valence-corrected chi connectivity index (χ4v) is 1.64. The number of nitrogens with zero attached hydrogens (tertiary/aromatic N) is 1. The average molecular weight is 143 g/mol. The molecule has 1 N–H and O–H groups in total. The predicted octanol–water partition coefficient (Wildman–Crippen LogP) is 0.707. The van der Waals surface area contributed by atoms with E-state index in [1.54, 1.807) is 0 Å². The van der Waals surface area contributed by atoms with Gasteiger partial charge in [-0.2, -0.15) is 0 Å². The molecule has 1 saturated heterocycles. The Bertz CT molecular complexity index is 104. The summed E-state index contributed by atoms with van der Waals surface area (Å²) < 4.78 is 0. The van der Waals surface area contributed by atoms with Crippen LogP contribution in [0.5, 0.6) is 0 Å². The summed E-state index contributed by atoms with van der Waals surface area (Å²) in [6.07, 6.45) is 0.847. The maximum atomic E-state index is 9.48. The van der Waals surface area contributed by atoms with Crippen LogP contribution in [0.2, 0.25) is 0 Å². The minimum Gasteiger partial charge on any atom is -0.391 e. The predicted molar refractivity (Wildman–Crippen MR) is 41.9 cm³/mol. The quantitative estimate of drug-likeness (QED) is 0.540. The lowest BCUT2D eigenvalue weighted by Gasteiger charge is -2.37. The van der Waals surface area contributed by atoms with E-state index in [4.69, 9.17) is 0 Å². The highest BCUT2D eigenvalue weighted by molar-refractivity contribution is 4.81. The molecule has 0 spiro atoms. The van der Waals surface area contributed by atoms with Crippen LogP contribution in [0.25, 0.3) is 0 Å². The average Bonchev–Trinajstić information content (AvgIpc) is 1.82. The number of aliphatic hydroxyl groups excluding tert-OH is 1. The van der Waals surface area contributed by atoms with Gasteiger partial charge in [-0.15, -0.1) is 0 Å². The number of hydrogen-bond acceptors (Lipinski definition) is 2. The number of hydrogen-bond donors (Lipinski definition) is 1. The zero-order valence-electron chi connectivity index (χ0n) is 7.04. The molecule has 1 rings (SSSR count). The van der Waals surface area contributed by atoms with Gasteiger partial charge in [0.05, 0.1) is 6.10 Å². The second-order valence-electron chi connectivity index (χ2n) is 3.59. The molecule has 0 aromatic heterocycles. The van der Waals surface area contributed by atoms with Crippen molar-refractivity contribution in [1.29, 1.82) is 0 Å². The fraction of sp³-hybridized carbons (Fsp3) is 1.00. The molecule has 0 bridgehead atoms. The molecule has 1 aliphatic rings. The van der Waals surface area contributed by atoms with E-state index in [1.165, 1.54) is 0 Å². The van der Waals surface area contributed by atoms with Crippen LogP contribution in [-0.4, -0.2) is 35.7 Å². The zero-order chi connectivity index (χ0) is 7.72. The van der Waals surface area contributed by atoms with Crippen LogP contribution < -0.4 is 0 Å². The maximum absolute atomic E-state index is 9.48. The van der Waals surface area contributed by atoms with E-state index >= 15 is 0 Å². The van der Waals surface area contributed by atoms with Crippen molar-refractivity contribution in [2.45, 2.75) is 32.4 Å². The summed E-state index contributed by atoms with van der Waals surface area (Å²) in [4.78, 5) is 2.22. The molecule has 0 aromatic carbocycles. The van der Waals surface area contributed by atoms with Gasteiger partial charge in [-0.05, 0) is 26.3 Å². The third kappa shape index (κ3) is 1.50.